The monoisotopic (exact) mass is 126 g/mol. The molecule has 0 amide bonds. The SMILES string of the molecule is O=C1CCCC(=CO)C1. The zero-order valence-corrected chi connectivity index (χ0v) is 5.26. The third kappa shape index (κ3) is 1.56. The van der Waals surface area contributed by atoms with E-state index < -0.39 is 0 Å². The molecule has 1 aliphatic carbocycles. The fourth-order valence-corrected chi connectivity index (χ4v) is 1.05. The number of aliphatic hydroxyl groups is 1. The van der Waals surface area contributed by atoms with Crippen LogP contribution in [0, 0.1) is 0 Å². The van der Waals surface area contributed by atoms with Crippen molar-refractivity contribution in [3.8, 4) is 0 Å². The number of carbonyl (C=O) groups is 1. The maximum Gasteiger partial charge on any atom is 0.137 e. The molecule has 1 saturated carbocycles. The standard InChI is InChI=1S/C7H10O2/c8-5-6-2-1-3-7(9)4-6/h5,8H,1-4H2. The van der Waals surface area contributed by atoms with E-state index in [1.165, 1.54) is 0 Å². The molecule has 0 atom stereocenters. The fraction of sp³-hybridized carbons (Fsp3) is 0.571. The normalized spacial score (nSPS) is 24.9. The van der Waals surface area contributed by atoms with Crippen molar-refractivity contribution < 1.29 is 9.90 Å². The summed E-state index contributed by atoms with van der Waals surface area (Å²) in [5, 5.41) is 8.49. The molecule has 0 aliphatic heterocycles. The third-order valence-electron chi connectivity index (χ3n) is 1.56. The van der Waals surface area contributed by atoms with Crippen molar-refractivity contribution >= 4 is 5.78 Å². The van der Waals surface area contributed by atoms with Crippen molar-refractivity contribution in [2.45, 2.75) is 25.7 Å². The zero-order chi connectivity index (χ0) is 6.69. The van der Waals surface area contributed by atoms with Crippen LogP contribution in [-0.2, 0) is 4.79 Å². The minimum absolute atomic E-state index is 0.251. The summed E-state index contributed by atoms with van der Waals surface area (Å²) in [5.74, 6) is 0.251. The molecule has 50 valence electrons. The molecule has 2 nitrogen and oxygen atoms in total. The topological polar surface area (TPSA) is 37.3 Å². The van der Waals surface area contributed by atoms with E-state index in [0.717, 1.165) is 24.7 Å². The van der Waals surface area contributed by atoms with Gasteiger partial charge in [-0.1, -0.05) is 0 Å². The maximum absolute atomic E-state index is 10.7. The summed E-state index contributed by atoms with van der Waals surface area (Å²) >= 11 is 0. The van der Waals surface area contributed by atoms with Crippen LogP contribution in [0.2, 0.25) is 0 Å². The molecule has 9 heavy (non-hydrogen) atoms. The van der Waals surface area contributed by atoms with E-state index >= 15 is 0 Å². The highest BCUT2D eigenvalue weighted by Gasteiger charge is 2.12. The van der Waals surface area contributed by atoms with Gasteiger partial charge in [-0.2, -0.15) is 0 Å². The third-order valence-corrected chi connectivity index (χ3v) is 1.56. The number of carbonyl (C=O) groups excluding carboxylic acids is 1. The molecule has 0 aromatic carbocycles. The van der Waals surface area contributed by atoms with Crippen LogP contribution >= 0.6 is 0 Å². The highest BCUT2D eigenvalue weighted by atomic mass is 16.2. The van der Waals surface area contributed by atoms with Crippen LogP contribution in [0.15, 0.2) is 11.8 Å². The number of aliphatic hydroxyl groups excluding tert-OH is 1. The molecule has 1 N–H and O–H groups in total. The molecule has 1 aliphatic rings. The Bertz CT molecular complexity index is 147. The Labute approximate surface area is 54.2 Å². The van der Waals surface area contributed by atoms with Gasteiger partial charge in [0.15, 0.2) is 0 Å². The van der Waals surface area contributed by atoms with Gasteiger partial charge in [0, 0.05) is 12.8 Å². The minimum Gasteiger partial charge on any atom is -0.516 e. The van der Waals surface area contributed by atoms with E-state index in [9.17, 15) is 4.79 Å². The quantitative estimate of drug-likeness (QED) is 0.500. The van der Waals surface area contributed by atoms with Crippen molar-refractivity contribution in [3.05, 3.63) is 11.8 Å². The Kier molecular flexibility index (Phi) is 1.88. The zero-order valence-electron chi connectivity index (χ0n) is 5.26. The number of allylic oxidation sites excluding steroid dienone is 1. The lowest BCUT2D eigenvalue weighted by molar-refractivity contribution is -0.119. The Balaban J connectivity index is 2.51. The van der Waals surface area contributed by atoms with Gasteiger partial charge in [0.25, 0.3) is 0 Å². The van der Waals surface area contributed by atoms with Crippen LogP contribution in [0.4, 0.5) is 0 Å². The smallest absolute Gasteiger partial charge is 0.137 e. The van der Waals surface area contributed by atoms with Crippen LogP contribution in [0.5, 0.6) is 0 Å². The Morgan fingerprint density at radius 1 is 1.44 bits per heavy atom. The molecular weight excluding hydrogens is 116 g/mol. The number of hydrogen-bond donors (Lipinski definition) is 1. The molecule has 0 unspecified atom stereocenters. The van der Waals surface area contributed by atoms with Gasteiger partial charge in [-0.3, -0.25) is 4.79 Å². The first-order valence-electron chi connectivity index (χ1n) is 3.17. The van der Waals surface area contributed by atoms with Gasteiger partial charge >= 0.3 is 0 Å². The first kappa shape index (κ1) is 6.33. The van der Waals surface area contributed by atoms with Crippen molar-refractivity contribution in [2.75, 3.05) is 0 Å². The maximum atomic E-state index is 10.7. The Morgan fingerprint density at radius 3 is 2.67 bits per heavy atom. The lowest BCUT2D eigenvalue weighted by Crippen LogP contribution is -2.06. The first-order valence-corrected chi connectivity index (χ1v) is 3.17. The lowest BCUT2D eigenvalue weighted by atomic mass is 9.95. The van der Waals surface area contributed by atoms with E-state index in [2.05, 4.69) is 0 Å². The van der Waals surface area contributed by atoms with Crippen LogP contribution in [0.3, 0.4) is 0 Å². The van der Waals surface area contributed by atoms with Gasteiger partial charge in [0.05, 0.1) is 6.26 Å². The van der Waals surface area contributed by atoms with E-state index in [4.69, 9.17) is 5.11 Å². The first-order chi connectivity index (χ1) is 4.33. The lowest BCUT2D eigenvalue weighted by Gasteiger charge is -2.10. The summed E-state index contributed by atoms with van der Waals surface area (Å²) in [5.41, 5.74) is 0.881. The van der Waals surface area contributed by atoms with Gasteiger partial charge in [-0.25, -0.2) is 0 Å². The summed E-state index contributed by atoms with van der Waals surface area (Å²) in [4.78, 5) is 10.7. The van der Waals surface area contributed by atoms with Gasteiger partial charge in [-0.15, -0.1) is 0 Å². The van der Waals surface area contributed by atoms with Gasteiger partial charge < -0.3 is 5.11 Å². The van der Waals surface area contributed by atoms with Crippen LogP contribution < -0.4 is 0 Å². The Morgan fingerprint density at radius 2 is 2.22 bits per heavy atom. The highest BCUT2D eigenvalue weighted by Crippen LogP contribution is 2.18. The highest BCUT2D eigenvalue weighted by molar-refractivity contribution is 5.81. The largest absolute Gasteiger partial charge is 0.516 e. The van der Waals surface area contributed by atoms with Crippen LogP contribution in [-0.4, -0.2) is 10.9 Å². The number of Topliss-reactive ketones (excluding diaryl/α,β-unsaturated/α-hetero) is 1. The summed E-state index contributed by atoms with van der Waals surface area (Å²) in [7, 11) is 0. The van der Waals surface area contributed by atoms with Crippen molar-refractivity contribution in [1.29, 1.82) is 0 Å². The molecule has 0 aromatic rings. The fourth-order valence-electron chi connectivity index (χ4n) is 1.05. The molecule has 1 rings (SSSR count). The minimum atomic E-state index is 0.251. The summed E-state index contributed by atoms with van der Waals surface area (Å²) in [6, 6.07) is 0. The molecule has 0 aromatic heterocycles. The van der Waals surface area contributed by atoms with E-state index in [1.54, 1.807) is 0 Å². The second-order valence-corrected chi connectivity index (χ2v) is 2.36. The van der Waals surface area contributed by atoms with Crippen molar-refractivity contribution in [1.82, 2.24) is 0 Å². The molecule has 0 radical (unpaired) electrons. The molecule has 0 saturated heterocycles. The van der Waals surface area contributed by atoms with Crippen molar-refractivity contribution in [2.24, 2.45) is 0 Å². The molecule has 0 heterocycles. The van der Waals surface area contributed by atoms with Gasteiger partial charge in [0.2, 0.25) is 0 Å². The second kappa shape index (κ2) is 2.67. The Hall–Kier alpha value is -0.790. The van der Waals surface area contributed by atoms with Gasteiger partial charge in [0.1, 0.15) is 5.78 Å². The van der Waals surface area contributed by atoms with Crippen LogP contribution in [0.25, 0.3) is 0 Å². The summed E-state index contributed by atoms with van der Waals surface area (Å²) in [6.07, 6.45) is 4.03. The predicted octanol–water partition coefficient (Wildman–Crippen LogP) is 1.57. The van der Waals surface area contributed by atoms with E-state index in [0.29, 0.717) is 12.8 Å². The van der Waals surface area contributed by atoms with E-state index in [-0.39, 0.29) is 5.78 Å². The molecular formula is C7H10O2. The van der Waals surface area contributed by atoms with Gasteiger partial charge in [-0.05, 0) is 18.4 Å². The second-order valence-electron chi connectivity index (χ2n) is 2.36. The molecule has 0 spiro atoms. The summed E-state index contributed by atoms with van der Waals surface area (Å²) in [6.45, 7) is 0. The number of hydrogen-bond acceptors (Lipinski definition) is 2. The average molecular weight is 126 g/mol. The predicted molar refractivity (Wildman–Crippen MR) is 34.2 cm³/mol. The summed E-state index contributed by atoms with van der Waals surface area (Å²) < 4.78 is 0. The molecule has 0 bridgehead atoms. The van der Waals surface area contributed by atoms with Crippen molar-refractivity contribution in [3.63, 3.8) is 0 Å². The van der Waals surface area contributed by atoms with E-state index in [1.807, 2.05) is 0 Å². The molecule has 2 heteroatoms. The molecule has 1 fully saturated rings. The number of ketones is 1. The van der Waals surface area contributed by atoms with Crippen LogP contribution in [0.1, 0.15) is 25.7 Å². The average Bonchev–Trinajstić information content (AvgIpc) is 1.88. The number of rotatable bonds is 0.